The van der Waals surface area contributed by atoms with Gasteiger partial charge in [-0.1, -0.05) is 77.6 Å². The third-order valence-corrected chi connectivity index (χ3v) is 3.46. The standard InChI is InChI=1S/C16H35N.H2O4S/c1-4-5-6-7-8-9-10-11-12-13-14-15-16-17(2)3;1-5(2,3)4/h4-16H2,1-3H3;(H2,1,2,3,4). The van der Waals surface area contributed by atoms with E-state index in [2.05, 4.69) is 25.9 Å². The topological polar surface area (TPSA) is 77.8 Å². The predicted molar refractivity (Wildman–Crippen MR) is 93.8 cm³/mol. The molecule has 0 aliphatic rings. The highest BCUT2D eigenvalue weighted by Gasteiger charge is 1.94. The van der Waals surface area contributed by atoms with Crippen molar-refractivity contribution in [2.24, 2.45) is 0 Å². The van der Waals surface area contributed by atoms with Crippen LogP contribution in [0.5, 0.6) is 0 Å². The summed E-state index contributed by atoms with van der Waals surface area (Å²) in [6, 6.07) is 0. The van der Waals surface area contributed by atoms with Crippen LogP contribution in [0.1, 0.15) is 84.0 Å². The lowest BCUT2D eigenvalue weighted by Gasteiger charge is -2.08. The molecule has 22 heavy (non-hydrogen) atoms. The van der Waals surface area contributed by atoms with E-state index in [0.29, 0.717) is 0 Å². The van der Waals surface area contributed by atoms with Crippen molar-refractivity contribution in [3.8, 4) is 0 Å². The maximum atomic E-state index is 8.74. The molecule has 0 saturated carbocycles. The Bertz CT molecular complexity index is 297. The van der Waals surface area contributed by atoms with Crippen LogP contribution < -0.4 is 0 Å². The molecule has 0 saturated heterocycles. The monoisotopic (exact) mass is 339 g/mol. The van der Waals surface area contributed by atoms with Crippen molar-refractivity contribution in [3.05, 3.63) is 0 Å². The van der Waals surface area contributed by atoms with Crippen molar-refractivity contribution in [1.29, 1.82) is 0 Å². The molecule has 0 radical (unpaired) electrons. The summed E-state index contributed by atoms with van der Waals surface area (Å²) in [4.78, 5) is 2.29. The molecular weight excluding hydrogens is 302 g/mol. The Labute approximate surface area is 138 Å². The van der Waals surface area contributed by atoms with E-state index < -0.39 is 10.4 Å². The third-order valence-electron chi connectivity index (χ3n) is 3.46. The summed E-state index contributed by atoms with van der Waals surface area (Å²) in [5.41, 5.74) is 0. The highest BCUT2D eigenvalue weighted by molar-refractivity contribution is 7.79. The molecule has 0 unspecified atom stereocenters. The van der Waals surface area contributed by atoms with Crippen LogP contribution in [0, 0.1) is 0 Å². The molecule has 0 bridgehead atoms. The maximum absolute atomic E-state index is 8.74. The molecule has 5 nitrogen and oxygen atoms in total. The summed E-state index contributed by atoms with van der Waals surface area (Å²) in [7, 11) is -0.336. The highest BCUT2D eigenvalue weighted by Crippen LogP contribution is 2.11. The Balaban J connectivity index is 0. The van der Waals surface area contributed by atoms with Gasteiger partial charge in [0, 0.05) is 0 Å². The van der Waals surface area contributed by atoms with E-state index in [9.17, 15) is 0 Å². The zero-order valence-electron chi connectivity index (χ0n) is 14.8. The Morgan fingerprint density at radius 3 is 1.23 bits per heavy atom. The molecule has 0 heterocycles. The van der Waals surface area contributed by atoms with Crippen LogP contribution in [-0.4, -0.2) is 43.1 Å². The van der Waals surface area contributed by atoms with Crippen LogP contribution >= 0.6 is 0 Å². The Morgan fingerprint density at radius 1 is 0.682 bits per heavy atom. The van der Waals surface area contributed by atoms with Crippen molar-refractivity contribution in [2.75, 3.05) is 20.6 Å². The quantitative estimate of drug-likeness (QED) is 0.379. The van der Waals surface area contributed by atoms with Crippen LogP contribution in [0.2, 0.25) is 0 Å². The molecule has 0 atom stereocenters. The Hall–Kier alpha value is -0.170. The summed E-state index contributed by atoms with van der Waals surface area (Å²) >= 11 is 0. The predicted octanol–water partition coefficient (Wildman–Crippen LogP) is 4.60. The largest absolute Gasteiger partial charge is 0.394 e. The van der Waals surface area contributed by atoms with E-state index in [0.717, 1.165) is 0 Å². The van der Waals surface area contributed by atoms with Gasteiger partial charge in [0.2, 0.25) is 0 Å². The van der Waals surface area contributed by atoms with E-state index in [1.807, 2.05) is 0 Å². The van der Waals surface area contributed by atoms with Gasteiger partial charge in [-0.25, -0.2) is 0 Å². The second-order valence-electron chi connectivity index (χ2n) is 6.14. The van der Waals surface area contributed by atoms with E-state index in [1.54, 1.807) is 0 Å². The van der Waals surface area contributed by atoms with Crippen molar-refractivity contribution >= 4 is 10.4 Å². The molecule has 0 spiro atoms. The van der Waals surface area contributed by atoms with Crippen molar-refractivity contribution in [1.82, 2.24) is 4.90 Å². The number of hydrogen-bond acceptors (Lipinski definition) is 3. The minimum absolute atomic E-state index is 1.26. The van der Waals surface area contributed by atoms with Crippen molar-refractivity contribution in [2.45, 2.75) is 84.0 Å². The molecule has 0 amide bonds. The second-order valence-corrected chi connectivity index (χ2v) is 7.04. The van der Waals surface area contributed by atoms with Gasteiger partial charge >= 0.3 is 10.4 Å². The number of hydrogen-bond donors (Lipinski definition) is 2. The Morgan fingerprint density at radius 2 is 0.955 bits per heavy atom. The van der Waals surface area contributed by atoms with Crippen LogP contribution in [0.15, 0.2) is 0 Å². The van der Waals surface area contributed by atoms with E-state index in [-0.39, 0.29) is 0 Å². The lowest BCUT2D eigenvalue weighted by atomic mass is 10.1. The fourth-order valence-electron chi connectivity index (χ4n) is 2.27. The van der Waals surface area contributed by atoms with Crippen LogP contribution in [0.3, 0.4) is 0 Å². The van der Waals surface area contributed by atoms with Gasteiger partial charge in [-0.2, -0.15) is 8.42 Å². The SMILES string of the molecule is CCCCCCCCCCCCCCN(C)C.O=S(=O)(O)O. The summed E-state index contributed by atoms with van der Waals surface area (Å²) in [6.07, 6.45) is 17.3. The number of rotatable bonds is 13. The van der Waals surface area contributed by atoms with Gasteiger partial charge in [-0.15, -0.1) is 0 Å². The zero-order valence-corrected chi connectivity index (χ0v) is 15.6. The van der Waals surface area contributed by atoms with Crippen LogP contribution in [0.25, 0.3) is 0 Å². The fourth-order valence-corrected chi connectivity index (χ4v) is 2.27. The van der Waals surface area contributed by atoms with Crippen LogP contribution in [-0.2, 0) is 10.4 Å². The fraction of sp³-hybridized carbons (Fsp3) is 1.00. The number of nitrogens with zero attached hydrogens (tertiary/aromatic N) is 1. The van der Waals surface area contributed by atoms with Gasteiger partial charge in [0.05, 0.1) is 0 Å². The molecule has 2 N–H and O–H groups in total. The molecule has 0 aliphatic carbocycles. The average Bonchev–Trinajstić information content (AvgIpc) is 2.38. The molecule has 136 valence electrons. The first-order chi connectivity index (χ1) is 10.3. The molecule has 0 aliphatic heterocycles. The first-order valence-electron chi connectivity index (χ1n) is 8.62. The lowest BCUT2D eigenvalue weighted by molar-refractivity contribution is 0.381. The summed E-state index contributed by atoms with van der Waals surface area (Å²) in [6.45, 7) is 3.55. The number of unbranched alkanes of at least 4 members (excludes halogenated alkanes) is 11. The molecule has 0 rings (SSSR count). The molecule has 0 aromatic carbocycles. The molecule has 0 aromatic rings. The van der Waals surface area contributed by atoms with Crippen molar-refractivity contribution in [3.63, 3.8) is 0 Å². The Kier molecular flexibility index (Phi) is 18.8. The van der Waals surface area contributed by atoms with Gasteiger partial charge in [-0.05, 0) is 27.1 Å². The first kappa shape index (κ1) is 24.1. The third kappa shape index (κ3) is 36.8. The summed E-state index contributed by atoms with van der Waals surface area (Å²) in [5, 5.41) is 0. The molecular formula is C16H37NO4S. The minimum Gasteiger partial charge on any atom is -0.309 e. The maximum Gasteiger partial charge on any atom is 0.394 e. The van der Waals surface area contributed by atoms with Gasteiger partial charge < -0.3 is 4.90 Å². The van der Waals surface area contributed by atoms with Gasteiger partial charge in [0.15, 0.2) is 0 Å². The normalized spacial score (nSPS) is 11.4. The first-order valence-corrected chi connectivity index (χ1v) is 10.0. The summed E-state index contributed by atoms with van der Waals surface area (Å²) < 4.78 is 31.6. The van der Waals surface area contributed by atoms with E-state index in [4.69, 9.17) is 17.5 Å². The zero-order chi connectivity index (χ0) is 17.3. The highest BCUT2D eigenvalue weighted by atomic mass is 32.3. The second kappa shape index (κ2) is 17.2. The smallest absolute Gasteiger partial charge is 0.309 e. The molecule has 0 aromatic heterocycles. The van der Waals surface area contributed by atoms with Gasteiger partial charge in [0.1, 0.15) is 0 Å². The average molecular weight is 340 g/mol. The molecule has 6 heteroatoms. The van der Waals surface area contributed by atoms with Crippen LogP contribution in [0.4, 0.5) is 0 Å². The molecule has 0 fully saturated rings. The minimum atomic E-state index is -4.67. The van der Waals surface area contributed by atoms with Gasteiger partial charge in [-0.3, -0.25) is 9.11 Å². The van der Waals surface area contributed by atoms with Crippen molar-refractivity contribution < 1.29 is 17.5 Å². The van der Waals surface area contributed by atoms with Gasteiger partial charge in [0.25, 0.3) is 0 Å². The van der Waals surface area contributed by atoms with E-state index >= 15 is 0 Å². The summed E-state index contributed by atoms with van der Waals surface area (Å²) in [5.74, 6) is 0. The van der Waals surface area contributed by atoms with E-state index in [1.165, 1.54) is 83.6 Å². The lowest BCUT2D eigenvalue weighted by Crippen LogP contribution is -2.12.